The average Bonchev–Trinajstić information content (AvgIpc) is 2.28. The molecule has 1 aliphatic rings. The van der Waals surface area contributed by atoms with E-state index in [2.05, 4.69) is 0 Å². The topological polar surface area (TPSA) is 47.3 Å². The van der Waals surface area contributed by atoms with Gasteiger partial charge in [-0.3, -0.25) is 9.59 Å². The van der Waals surface area contributed by atoms with E-state index in [4.69, 9.17) is 4.42 Å². The smallest absolute Gasteiger partial charge is 0.206 e. The quantitative estimate of drug-likeness (QED) is 0.700. The molecule has 0 saturated carbocycles. The van der Waals surface area contributed by atoms with E-state index in [1.807, 2.05) is 0 Å². The first-order valence-corrected chi connectivity index (χ1v) is 5.46. The lowest BCUT2D eigenvalue weighted by molar-refractivity contribution is 0.0966. The van der Waals surface area contributed by atoms with E-state index in [0.29, 0.717) is 25.0 Å². The Labute approximate surface area is 95.9 Å². The fraction of sp³-hybridized carbons (Fsp3) is 0.231. The van der Waals surface area contributed by atoms with Crippen LogP contribution in [0.4, 0.5) is 4.39 Å². The number of hydrogen-bond donors (Lipinski definition) is 0. The third-order valence-electron chi connectivity index (χ3n) is 3.03. The van der Waals surface area contributed by atoms with Crippen LogP contribution in [0.15, 0.2) is 27.4 Å². The maximum atomic E-state index is 13.6. The molecule has 4 heteroatoms. The lowest BCUT2D eigenvalue weighted by Crippen LogP contribution is -2.22. The summed E-state index contributed by atoms with van der Waals surface area (Å²) in [6.07, 6.45) is 1.57. The number of ketones is 1. The van der Waals surface area contributed by atoms with Crippen molar-refractivity contribution < 1.29 is 13.6 Å². The molecule has 0 saturated heterocycles. The van der Waals surface area contributed by atoms with Crippen molar-refractivity contribution in [1.82, 2.24) is 0 Å². The maximum Gasteiger partial charge on any atom is 0.206 e. The molecule has 0 radical (unpaired) electrons. The molecule has 0 spiro atoms. The van der Waals surface area contributed by atoms with Gasteiger partial charge in [-0.15, -0.1) is 0 Å². The van der Waals surface area contributed by atoms with Crippen LogP contribution in [0.3, 0.4) is 0 Å². The normalized spacial score (nSPS) is 15.0. The minimum Gasteiger partial charge on any atom is -0.460 e. The Morgan fingerprint density at radius 2 is 2.00 bits per heavy atom. The molecule has 86 valence electrons. The zero-order valence-electron chi connectivity index (χ0n) is 8.96. The summed E-state index contributed by atoms with van der Waals surface area (Å²) < 4.78 is 19.0. The van der Waals surface area contributed by atoms with E-state index in [9.17, 15) is 14.0 Å². The first kappa shape index (κ1) is 10.2. The Kier molecular flexibility index (Phi) is 2.11. The highest BCUT2D eigenvalue weighted by atomic mass is 19.1. The standard InChI is InChI=1S/C13H9FO3/c14-7-3-1-5-9-11(7)13(16)12-8(15)4-2-6-10(12)17-9/h1,3,5H,2,4,6H2. The second kappa shape index (κ2) is 3.52. The van der Waals surface area contributed by atoms with Crippen molar-refractivity contribution in [2.75, 3.05) is 0 Å². The predicted molar refractivity (Wildman–Crippen MR) is 59.7 cm³/mol. The second-order valence-electron chi connectivity index (χ2n) is 4.12. The van der Waals surface area contributed by atoms with Crippen LogP contribution in [0.5, 0.6) is 0 Å². The fourth-order valence-corrected chi connectivity index (χ4v) is 2.24. The summed E-state index contributed by atoms with van der Waals surface area (Å²) in [6.45, 7) is 0. The number of Topliss-reactive ketones (excluding diaryl/α,β-unsaturated/α-hetero) is 1. The minimum atomic E-state index is -0.641. The fourth-order valence-electron chi connectivity index (χ4n) is 2.24. The van der Waals surface area contributed by atoms with Crippen molar-refractivity contribution >= 4 is 16.8 Å². The van der Waals surface area contributed by atoms with Gasteiger partial charge in [-0.1, -0.05) is 6.07 Å². The monoisotopic (exact) mass is 232 g/mol. The molecule has 1 aliphatic carbocycles. The molecule has 17 heavy (non-hydrogen) atoms. The van der Waals surface area contributed by atoms with Crippen LogP contribution in [0.2, 0.25) is 0 Å². The molecule has 0 N–H and O–H groups in total. The van der Waals surface area contributed by atoms with Gasteiger partial charge in [0.05, 0.1) is 0 Å². The van der Waals surface area contributed by atoms with E-state index in [0.717, 1.165) is 0 Å². The number of rotatable bonds is 0. The summed E-state index contributed by atoms with van der Waals surface area (Å²) in [5.41, 5.74) is -0.290. The molecule has 2 aromatic rings. The molecule has 3 nitrogen and oxygen atoms in total. The van der Waals surface area contributed by atoms with Crippen LogP contribution in [-0.2, 0) is 6.42 Å². The first-order chi connectivity index (χ1) is 8.18. The van der Waals surface area contributed by atoms with Crippen molar-refractivity contribution in [3.05, 3.63) is 45.6 Å². The minimum absolute atomic E-state index is 0.0360. The lowest BCUT2D eigenvalue weighted by Gasteiger charge is -2.13. The van der Waals surface area contributed by atoms with Gasteiger partial charge in [0.25, 0.3) is 0 Å². The number of benzene rings is 1. The van der Waals surface area contributed by atoms with E-state index in [1.54, 1.807) is 6.07 Å². The van der Waals surface area contributed by atoms with E-state index in [1.165, 1.54) is 12.1 Å². The van der Waals surface area contributed by atoms with Crippen LogP contribution >= 0.6 is 0 Å². The second-order valence-corrected chi connectivity index (χ2v) is 4.12. The largest absolute Gasteiger partial charge is 0.460 e. The summed E-state index contributed by atoms with van der Waals surface area (Å²) in [7, 11) is 0. The summed E-state index contributed by atoms with van der Waals surface area (Å²) in [6, 6.07) is 4.22. The number of carbonyl (C=O) groups excluding carboxylic acids is 1. The van der Waals surface area contributed by atoms with Crippen LogP contribution in [-0.4, -0.2) is 5.78 Å². The van der Waals surface area contributed by atoms with Gasteiger partial charge in [-0.25, -0.2) is 4.39 Å². The number of hydrogen-bond acceptors (Lipinski definition) is 3. The molecular formula is C13H9FO3. The number of aryl methyl sites for hydroxylation is 1. The molecule has 0 amide bonds. The van der Waals surface area contributed by atoms with Gasteiger partial charge >= 0.3 is 0 Å². The van der Waals surface area contributed by atoms with Gasteiger partial charge in [-0.2, -0.15) is 0 Å². The van der Waals surface area contributed by atoms with Crippen molar-refractivity contribution in [2.24, 2.45) is 0 Å². The zero-order chi connectivity index (χ0) is 12.0. The maximum absolute atomic E-state index is 13.6. The lowest BCUT2D eigenvalue weighted by atomic mass is 9.94. The van der Waals surface area contributed by atoms with Gasteiger partial charge in [0.1, 0.15) is 28.1 Å². The van der Waals surface area contributed by atoms with Crippen molar-refractivity contribution in [1.29, 1.82) is 0 Å². The average molecular weight is 232 g/mol. The van der Waals surface area contributed by atoms with E-state index >= 15 is 0 Å². The molecule has 0 fully saturated rings. The van der Waals surface area contributed by atoms with E-state index in [-0.39, 0.29) is 22.3 Å². The van der Waals surface area contributed by atoms with Crippen molar-refractivity contribution in [3.8, 4) is 0 Å². The third kappa shape index (κ3) is 1.40. The summed E-state index contributed by atoms with van der Waals surface area (Å²) >= 11 is 0. The van der Waals surface area contributed by atoms with Gasteiger partial charge in [0.15, 0.2) is 5.78 Å². The molecule has 1 aromatic carbocycles. The Morgan fingerprint density at radius 3 is 2.82 bits per heavy atom. The predicted octanol–water partition coefficient (Wildman–Crippen LogP) is 2.45. The first-order valence-electron chi connectivity index (χ1n) is 5.46. The van der Waals surface area contributed by atoms with Crippen molar-refractivity contribution in [2.45, 2.75) is 19.3 Å². The van der Waals surface area contributed by atoms with E-state index < -0.39 is 11.2 Å². The summed E-state index contributed by atoms with van der Waals surface area (Å²) in [5.74, 6) is -0.494. The summed E-state index contributed by atoms with van der Waals surface area (Å²) in [4.78, 5) is 23.8. The van der Waals surface area contributed by atoms with Crippen LogP contribution in [0, 0.1) is 5.82 Å². The zero-order valence-corrected chi connectivity index (χ0v) is 8.96. The van der Waals surface area contributed by atoms with Crippen molar-refractivity contribution in [3.63, 3.8) is 0 Å². The highest BCUT2D eigenvalue weighted by Crippen LogP contribution is 2.23. The van der Waals surface area contributed by atoms with Gasteiger partial charge in [0, 0.05) is 12.8 Å². The Hall–Kier alpha value is -1.97. The number of halogens is 1. The highest BCUT2D eigenvalue weighted by Gasteiger charge is 2.25. The third-order valence-corrected chi connectivity index (χ3v) is 3.03. The molecule has 1 heterocycles. The Balaban J connectivity index is 2.49. The van der Waals surface area contributed by atoms with Gasteiger partial charge in [0.2, 0.25) is 5.43 Å². The highest BCUT2D eigenvalue weighted by molar-refractivity contribution is 6.00. The molecule has 0 aliphatic heterocycles. The molecule has 0 atom stereocenters. The van der Waals surface area contributed by atoms with Gasteiger partial charge in [-0.05, 0) is 18.6 Å². The van der Waals surface area contributed by atoms with Crippen LogP contribution in [0.25, 0.3) is 11.0 Å². The van der Waals surface area contributed by atoms with Gasteiger partial charge < -0.3 is 4.42 Å². The van der Waals surface area contributed by atoms with Crippen LogP contribution < -0.4 is 5.43 Å². The molecular weight excluding hydrogens is 223 g/mol. The van der Waals surface area contributed by atoms with Crippen LogP contribution in [0.1, 0.15) is 29.0 Å². The SMILES string of the molecule is O=C1CCCc2oc3cccc(F)c3c(=O)c21. The molecule has 0 unspecified atom stereocenters. The summed E-state index contributed by atoms with van der Waals surface area (Å²) in [5, 5.41) is -0.124. The number of fused-ring (bicyclic) bond motifs is 2. The number of carbonyl (C=O) groups is 1. The molecule has 3 rings (SSSR count). The molecule has 1 aromatic heterocycles. The Bertz CT molecular complexity index is 685. The Morgan fingerprint density at radius 1 is 1.18 bits per heavy atom. The molecule has 0 bridgehead atoms.